The highest BCUT2D eigenvalue weighted by molar-refractivity contribution is 5.87. The van der Waals surface area contributed by atoms with Gasteiger partial charge < -0.3 is 10.2 Å². The highest BCUT2D eigenvalue weighted by Crippen LogP contribution is 2.65. The third-order valence-corrected chi connectivity index (χ3v) is 8.12. The van der Waals surface area contributed by atoms with E-state index in [1.165, 1.54) is 5.57 Å². The van der Waals surface area contributed by atoms with E-state index in [4.69, 9.17) is 0 Å². The number of carbonyl (C=O) groups is 1. The highest BCUT2D eigenvalue weighted by atomic mass is 16.3. The normalized spacial score (nSPS) is 52.4. The van der Waals surface area contributed by atoms with Crippen molar-refractivity contribution in [1.82, 2.24) is 0 Å². The molecule has 3 saturated carbocycles. The maximum absolute atomic E-state index is 12.5. The summed E-state index contributed by atoms with van der Waals surface area (Å²) in [5, 5.41) is 20.5. The number of fused-ring (bicyclic) bond motifs is 5. The molecule has 23 heavy (non-hydrogen) atoms. The van der Waals surface area contributed by atoms with Crippen LogP contribution in [0.25, 0.3) is 0 Å². The molecule has 0 heterocycles. The van der Waals surface area contributed by atoms with E-state index in [0.717, 1.165) is 44.9 Å². The van der Waals surface area contributed by atoms with Gasteiger partial charge in [-0.15, -0.1) is 0 Å². The Labute approximate surface area is 139 Å². The number of hydrogen-bond donors (Lipinski definition) is 2. The zero-order valence-corrected chi connectivity index (χ0v) is 14.4. The maximum atomic E-state index is 12.5. The summed E-state index contributed by atoms with van der Waals surface area (Å²) >= 11 is 0. The molecule has 3 heteroatoms. The van der Waals surface area contributed by atoms with Crippen LogP contribution < -0.4 is 0 Å². The summed E-state index contributed by atoms with van der Waals surface area (Å²) in [5.74, 6) is 2.41. The minimum atomic E-state index is -0.244. The van der Waals surface area contributed by atoms with E-state index < -0.39 is 0 Å². The van der Waals surface area contributed by atoms with Gasteiger partial charge in [-0.1, -0.05) is 25.5 Å². The Morgan fingerprint density at radius 3 is 2.74 bits per heavy atom. The van der Waals surface area contributed by atoms with Crippen LogP contribution in [-0.2, 0) is 4.79 Å². The van der Waals surface area contributed by atoms with Gasteiger partial charge in [-0.3, -0.25) is 4.79 Å². The van der Waals surface area contributed by atoms with Gasteiger partial charge in [0.2, 0.25) is 0 Å². The third kappa shape index (κ3) is 1.99. The summed E-state index contributed by atoms with van der Waals surface area (Å²) in [6.45, 7) is 4.70. The van der Waals surface area contributed by atoms with Crippen LogP contribution >= 0.6 is 0 Å². The fourth-order valence-corrected chi connectivity index (χ4v) is 6.87. The lowest BCUT2D eigenvalue weighted by Gasteiger charge is -2.59. The van der Waals surface area contributed by atoms with Crippen LogP contribution in [0.1, 0.15) is 58.8 Å². The highest BCUT2D eigenvalue weighted by Gasteiger charge is 2.61. The van der Waals surface area contributed by atoms with E-state index >= 15 is 0 Å². The first-order valence-electron chi connectivity index (χ1n) is 9.46. The first-order valence-corrected chi connectivity index (χ1v) is 9.46. The Morgan fingerprint density at radius 2 is 2.00 bits per heavy atom. The second kappa shape index (κ2) is 5.16. The first-order chi connectivity index (χ1) is 10.9. The molecule has 0 bridgehead atoms. The second-order valence-electron chi connectivity index (χ2n) is 8.97. The number of allylic oxidation sites excluding steroid dienone is 1. The van der Waals surface area contributed by atoms with Crippen LogP contribution in [0, 0.1) is 34.5 Å². The average Bonchev–Trinajstić information content (AvgIpc) is 2.83. The van der Waals surface area contributed by atoms with Crippen molar-refractivity contribution < 1.29 is 15.0 Å². The van der Waals surface area contributed by atoms with E-state index in [1.54, 1.807) is 0 Å². The predicted octanol–water partition coefficient (Wildman–Crippen LogP) is 3.10. The van der Waals surface area contributed by atoms with Crippen molar-refractivity contribution in [2.75, 3.05) is 6.61 Å². The lowest BCUT2D eigenvalue weighted by Crippen LogP contribution is -2.55. The Morgan fingerprint density at radius 1 is 1.22 bits per heavy atom. The van der Waals surface area contributed by atoms with Crippen molar-refractivity contribution in [2.24, 2.45) is 34.5 Å². The molecule has 0 saturated heterocycles. The largest absolute Gasteiger partial charge is 0.395 e. The van der Waals surface area contributed by atoms with Crippen molar-refractivity contribution in [3.8, 4) is 0 Å². The number of carbonyl (C=O) groups excluding carboxylic acids is 1. The Kier molecular flexibility index (Phi) is 3.55. The van der Waals surface area contributed by atoms with Gasteiger partial charge in [0.05, 0.1) is 12.7 Å². The summed E-state index contributed by atoms with van der Waals surface area (Å²) in [4.78, 5) is 12.5. The van der Waals surface area contributed by atoms with Crippen LogP contribution in [-0.4, -0.2) is 28.7 Å². The van der Waals surface area contributed by atoms with Crippen LogP contribution in [0.15, 0.2) is 11.6 Å². The zero-order chi connectivity index (χ0) is 16.4. The Balaban J connectivity index is 1.77. The van der Waals surface area contributed by atoms with Gasteiger partial charge in [-0.05, 0) is 62.2 Å². The summed E-state index contributed by atoms with van der Waals surface area (Å²) in [7, 11) is 0. The number of rotatable bonds is 1. The SMILES string of the molecule is C[C@@H]1C=C2C[C@@H](O)CC[C@]2(CO)[C@H]2CC[C@]3(C)C(=O)CC[C@H]3[C@H]12. The average molecular weight is 318 g/mol. The van der Waals surface area contributed by atoms with Crippen molar-refractivity contribution in [1.29, 1.82) is 0 Å². The molecule has 4 aliphatic rings. The number of aliphatic hydroxyl groups excluding tert-OH is 2. The topological polar surface area (TPSA) is 57.5 Å². The fourth-order valence-electron chi connectivity index (χ4n) is 6.87. The van der Waals surface area contributed by atoms with Gasteiger partial charge in [0.15, 0.2) is 0 Å². The lowest BCUT2D eigenvalue weighted by atomic mass is 9.46. The quantitative estimate of drug-likeness (QED) is 0.731. The lowest BCUT2D eigenvalue weighted by molar-refractivity contribution is -0.134. The van der Waals surface area contributed by atoms with Gasteiger partial charge >= 0.3 is 0 Å². The summed E-state index contributed by atoms with van der Waals surface area (Å²) < 4.78 is 0. The molecule has 0 aromatic heterocycles. The number of aliphatic hydroxyl groups is 2. The number of hydrogen-bond acceptors (Lipinski definition) is 3. The van der Waals surface area contributed by atoms with E-state index in [-0.39, 0.29) is 23.5 Å². The van der Waals surface area contributed by atoms with Gasteiger partial charge in [0.1, 0.15) is 5.78 Å². The summed E-state index contributed by atoms with van der Waals surface area (Å²) in [5.41, 5.74) is 1.06. The molecule has 4 rings (SSSR count). The van der Waals surface area contributed by atoms with E-state index in [9.17, 15) is 15.0 Å². The van der Waals surface area contributed by atoms with Gasteiger partial charge in [0, 0.05) is 17.3 Å². The molecule has 0 spiro atoms. The molecule has 4 aliphatic carbocycles. The molecule has 0 aromatic carbocycles. The standard InChI is InChI=1S/C20H30O3/c1-12-9-13-10-14(22)5-8-20(13,11-21)16-6-7-19(2)15(18(12)16)3-4-17(19)23/h9,12,14-16,18,21-22H,3-8,10-11H2,1-2H3/t12-,14+,15+,16+,18+,19+,20-/m1/s1. The van der Waals surface area contributed by atoms with E-state index in [1.807, 2.05) is 0 Å². The molecule has 3 nitrogen and oxygen atoms in total. The first kappa shape index (κ1) is 15.8. The zero-order valence-electron chi connectivity index (χ0n) is 14.4. The number of Topliss-reactive ketones (excluding diaryl/α,β-unsaturated/α-hetero) is 1. The number of ketones is 1. The minimum Gasteiger partial charge on any atom is -0.395 e. The van der Waals surface area contributed by atoms with E-state index in [0.29, 0.717) is 29.5 Å². The molecule has 0 aliphatic heterocycles. The molecule has 2 N–H and O–H groups in total. The van der Waals surface area contributed by atoms with Crippen molar-refractivity contribution in [3.63, 3.8) is 0 Å². The van der Waals surface area contributed by atoms with Crippen LogP contribution in [0.3, 0.4) is 0 Å². The molecule has 128 valence electrons. The smallest absolute Gasteiger partial charge is 0.139 e. The van der Waals surface area contributed by atoms with Crippen LogP contribution in [0.4, 0.5) is 0 Å². The third-order valence-electron chi connectivity index (χ3n) is 8.12. The molecule has 0 aromatic rings. The predicted molar refractivity (Wildman–Crippen MR) is 88.7 cm³/mol. The molecular weight excluding hydrogens is 288 g/mol. The van der Waals surface area contributed by atoms with Crippen molar-refractivity contribution >= 4 is 5.78 Å². The molecular formula is C20H30O3. The van der Waals surface area contributed by atoms with Crippen molar-refractivity contribution in [2.45, 2.75) is 64.9 Å². The van der Waals surface area contributed by atoms with Crippen LogP contribution in [0.2, 0.25) is 0 Å². The maximum Gasteiger partial charge on any atom is 0.139 e. The molecule has 3 fully saturated rings. The van der Waals surface area contributed by atoms with Crippen molar-refractivity contribution in [3.05, 3.63) is 11.6 Å². The van der Waals surface area contributed by atoms with E-state index in [2.05, 4.69) is 19.9 Å². The Bertz CT molecular complexity index is 553. The Hall–Kier alpha value is -0.670. The second-order valence-corrected chi connectivity index (χ2v) is 8.97. The minimum absolute atomic E-state index is 0.119. The molecule has 0 radical (unpaired) electrons. The van der Waals surface area contributed by atoms with Gasteiger partial charge in [0.25, 0.3) is 0 Å². The summed E-state index contributed by atoms with van der Waals surface area (Å²) in [6, 6.07) is 0. The summed E-state index contributed by atoms with van der Waals surface area (Å²) in [6.07, 6.45) is 8.38. The molecule has 7 atom stereocenters. The molecule has 0 amide bonds. The van der Waals surface area contributed by atoms with Gasteiger partial charge in [-0.2, -0.15) is 0 Å². The van der Waals surface area contributed by atoms with Crippen LogP contribution in [0.5, 0.6) is 0 Å². The monoisotopic (exact) mass is 318 g/mol. The fraction of sp³-hybridized carbons (Fsp3) is 0.850. The molecule has 0 unspecified atom stereocenters. The van der Waals surface area contributed by atoms with Gasteiger partial charge in [-0.25, -0.2) is 0 Å².